The summed E-state index contributed by atoms with van der Waals surface area (Å²) >= 11 is 0. The van der Waals surface area contributed by atoms with Crippen LogP contribution in [0.25, 0.3) is 0 Å². The maximum absolute atomic E-state index is 12.0. The molecule has 80 valence electrons. The van der Waals surface area contributed by atoms with E-state index < -0.39 is 5.54 Å². The van der Waals surface area contributed by atoms with Crippen molar-refractivity contribution in [3.63, 3.8) is 0 Å². The molecule has 1 aliphatic carbocycles. The molecule has 0 saturated heterocycles. The molecule has 0 spiro atoms. The minimum Gasteiger partial charge on any atom is -0.319 e. The van der Waals surface area contributed by atoms with Crippen LogP contribution in [0.3, 0.4) is 0 Å². The lowest BCUT2D eigenvalue weighted by Crippen LogP contribution is -2.46. The monoisotopic (exact) mass is 203 g/mol. The predicted octanol–water partition coefficient (Wildman–Crippen LogP) is 2.07. The fourth-order valence-electron chi connectivity index (χ4n) is 2.24. The number of carbonyl (C=O) groups is 1. The molecule has 2 nitrogen and oxygen atoms in total. The number of Topliss-reactive ketones (excluding diaryl/α,β-unsaturated/α-hetero) is 1. The van der Waals surface area contributed by atoms with E-state index in [1.807, 2.05) is 30.3 Å². The van der Waals surface area contributed by atoms with Crippen molar-refractivity contribution >= 4 is 5.78 Å². The van der Waals surface area contributed by atoms with Gasteiger partial charge in [0.2, 0.25) is 0 Å². The van der Waals surface area contributed by atoms with E-state index in [1.54, 1.807) is 0 Å². The Morgan fingerprint density at radius 1 is 1.20 bits per heavy atom. The number of carbonyl (C=O) groups excluding carboxylic acids is 1. The van der Waals surface area contributed by atoms with Gasteiger partial charge in [0.05, 0.1) is 5.54 Å². The van der Waals surface area contributed by atoms with Crippen LogP contribution in [0.4, 0.5) is 0 Å². The zero-order valence-corrected chi connectivity index (χ0v) is 8.91. The van der Waals surface area contributed by atoms with Crippen LogP contribution in [0.15, 0.2) is 30.3 Å². The molecule has 0 atom stereocenters. The molecule has 0 unspecified atom stereocenters. The fraction of sp³-hybridized carbons (Fsp3) is 0.462. The molecule has 1 aromatic carbocycles. The van der Waals surface area contributed by atoms with Gasteiger partial charge in [0, 0.05) is 6.42 Å². The number of hydrogen-bond donors (Lipinski definition) is 1. The Morgan fingerprint density at radius 2 is 1.80 bits per heavy atom. The summed E-state index contributed by atoms with van der Waals surface area (Å²) in [6.45, 7) is 0. The van der Waals surface area contributed by atoms with Gasteiger partial charge in [0.15, 0.2) is 5.78 Å². The summed E-state index contributed by atoms with van der Waals surface area (Å²) < 4.78 is 0. The van der Waals surface area contributed by atoms with Crippen LogP contribution in [0.2, 0.25) is 0 Å². The number of benzene rings is 1. The minimum atomic E-state index is -0.532. The number of nitrogens with two attached hydrogens (primary N) is 1. The second kappa shape index (κ2) is 4.15. The standard InChI is InChI=1S/C13H17NO/c14-13(8-4-5-9-13)12(15)10-11-6-2-1-3-7-11/h1-3,6-7H,4-5,8-10,14H2. The highest BCUT2D eigenvalue weighted by Gasteiger charge is 2.36. The summed E-state index contributed by atoms with van der Waals surface area (Å²) in [7, 11) is 0. The molecule has 1 aromatic rings. The fourth-order valence-corrected chi connectivity index (χ4v) is 2.24. The van der Waals surface area contributed by atoms with E-state index in [-0.39, 0.29) is 5.78 Å². The summed E-state index contributed by atoms with van der Waals surface area (Å²) in [4.78, 5) is 12.0. The third-order valence-electron chi connectivity index (χ3n) is 3.26. The van der Waals surface area contributed by atoms with Crippen molar-refractivity contribution in [2.24, 2.45) is 5.73 Å². The van der Waals surface area contributed by atoms with Crippen LogP contribution in [-0.2, 0) is 11.2 Å². The second-order valence-electron chi connectivity index (χ2n) is 4.45. The van der Waals surface area contributed by atoms with E-state index >= 15 is 0 Å². The zero-order valence-electron chi connectivity index (χ0n) is 8.91. The largest absolute Gasteiger partial charge is 0.319 e. The number of hydrogen-bond acceptors (Lipinski definition) is 2. The highest BCUT2D eigenvalue weighted by atomic mass is 16.1. The van der Waals surface area contributed by atoms with Crippen LogP contribution in [0, 0.1) is 0 Å². The molecule has 2 heteroatoms. The van der Waals surface area contributed by atoms with Crippen LogP contribution in [0.1, 0.15) is 31.2 Å². The van der Waals surface area contributed by atoms with E-state index in [0.717, 1.165) is 31.2 Å². The Labute approximate surface area is 90.5 Å². The SMILES string of the molecule is NC1(C(=O)Cc2ccccc2)CCCC1. The average Bonchev–Trinajstić information content (AvgIpc) is 2.68. The van der Waals surface area contributed by atoms with Gasteiger partial charge < -0.3 is 5.73 Å². The molecule has 1 aliphatic rings. The predicted molar refractivity (Wildman–Crippen MR) is 60.5 cm³/mol. The summed E-state index contributed by atoms with van der Waals surface area (Å²) in [5, 5.41) is 0. The molecule has 15 heavy (non-hydrogen) atoms. The first-order valence-electron chi connectivity index (χ1n) is 5.57. The molecule has 0 aromatic heterocycles. The average molecular weight is 203 g/mol. The topological polar surface area (TPSA) is 43.1 Å². The van der Waals surface area contributed by atoms with Gasteiger partial charge >= 0.3 is 0 Å². The van der Waals surface area contributed by atoms with Crippen LogP contribution < -0.4 is 5.73 Å². The smallest absolute Gasteiger partial charge is 0.156 e. The molecule has 1 saturated carbocycles. The molecule has 2 rings (SSSR count). The van der Waals surface area contributed by atoms with Gasteiger partial charge in [-0.1, -0.05) is 43.2 Å². The Kier molecular flexibility index (Phi) is 2.87. The van der Waals surface area contributed by atoms with E-state index in [0.29, 0.717) is 6.42 Å². The summed E-state index contributed by atoms with van der Waals surface area (Å²) in [6.07, 6.45) is 4.39. The minimum absolute atomic E-state index is 0.200. The van der Waals surface area contributed by atoms with Crippen LogP contribution >= 0.6 is 0 Å². The van der Waals surface area contributed by atoms with Gasteiger partial charge in [-0.05, 0) is 18.4 Å². The second-order valence-corrected chi connectivity index (χ2v) is 4.45. The highest BCUT2D eigenvalue weighted by Crippen LogP contribution is 2.28. The van der Waals surface area contributed by atoms with E-state index in [4.69, 9.17) is 5.73 Å². The summed E-state index contributed by atoms with van der Waals surface area (Å²) in [5.74, 6) is 0.200. The van der Waals surface area contributed by atoms with Gasteiger partial charge in [-0.3, -0.25) is 4.79 Å². The summed E-state index contributed by atoms with van der Waals surface area (Å²) in [5.41, 5.74) is 6.64. The van der Waals surface area contributed by atoms with Gasteiger partial charge in [-0.15, -0.1) is 0 Å². The first kappa shape index (κ1) is 10.4. The number of rotatable bonds is 3. The molecule has 0 heterocycles. The van der Waals surface area contributed by atoms with Crippen LogP contribution in [0.5, 0.6) is 0 Å². The lowest BCUT2D eigenvalue weighted by molar-refractivity contribution is -0.123. The maximum atomic E-state index is 12.0. The molecule has 0 aliphatic heterocycles. The van der Waals surface area contributed by atoms with Crippen molar-refractivity contribution in [2.75, 3.05) is 0 Å². The van der Waals surface area contributed by atoms with Gasteiger partial charge in [0.1, 0.15) is 0 Å². The highest BCUT2D eigenvalue weighted by molar-refractivity contribution is 5.90. The number of ketones is 1. The Bertz CT molecular complexity index is 339. The van der Waals surface area contributed by atoms with Crippen molar-refractivity contribution in [3.8, 4) is 0 Å². The Hall–Kier alpha value is -1.15. The van der Waals surface area contributed by atoms with Gasteiger partial charge in [-0.2, -0.15) is 0 Å². The molecule has 0 radical (unpaired) electrons. The van der Waals surface area contributed by atoms with Crippen molar-refractivity contribution < 1.29 is 4.79 Å². The van der Waals surface area contributed by atoms with E-state index in [9.17, 15) is 4.79 Å². The van der Waals surface area contributed by atoms with Crippen molar-refractivity contribution in [1.82, 2.24) is 0 Å². The molecule has 0 amide bonds. The van der Waals surface area contributed by atoms with Crippen LogP contribution in [-0.4, -0.2) is 11.3 Å². The Morgan fingerprint density at radius 3 is 2.40 bits per heavy atom. The third-order valence-corrected chi connectivity index (χ3v) is 3.26. The zero-order chi connectivity index (χ0) is 10.7. The quantitative estimate of drug-likeness (QED) is 0.817. The van der Waals surface area contributed by atoms with Gasteiger partial charge in [-0.25, -0.2) is 0 Å². The normalized spacial score (nSPS) is 19.0. The molecule has 0 bridgehead atoms. The maximum Gasteiger partial charge on any atom is 0.156 e. The molecule has 1 fully saturated rings. The molecular weight excluding hydrogens is 186 g/mol. The van der Waals surface area contributed by atoms with Crippen molar-refractivity contribution in [1.29, 1.82) is 0 Å². The first-order chi connectivity index (χ1) is 7.21. The van der Waals surface area contributed by atoms with Gasteiger partial charge in [0.25, 0.3) is 0 Å². The van der Waals surface area contributed by atoms with E-state index in [1.165, 1.54) is 0 Å². The van der Waals surface area contributed by atoms with Crippen molar-refractivity contribution in [3.05, 3.63) is 35.9 Å². The van der Waals surface area contributed by atoms with E-state index in [2.05, 4.69) is 0 Å². The third kappa shape index (κ3) is 2.26. The lowest BCUT2D eigenvalue weighted by atomic mass is 9.89. The lowest BCUT2D eigenvalue weighted by Gasteiger charge is -2.21. The Balaban J connectivity index is 2.04. The molecular formula is C13H17NO. The van der Waals surface area contributed by atoms with Crippen molar-refractivity contribution in [2.45, 2.75) is 37.6 Å². The molecule has 2 N–H and O–H groups in total. The summed E-state index contributed by atoms with van der Waals surface area (Å²) in [6, 6.07) is 9.84. The first-order valence-corrected chi connectivity index (χ1v) is 5.57.